The molecule has 0 aromatic carbocycles. The van der Waals surface area contributed by atoms with E-state index in [0.29, 0.717) is 13.0 Å². The summed E-state index contributed by atoms with van der Waals surface area (Å²) in [5, 5.41) is 11.2. The Hall–Kier alpha value is -1.14. The van der Waals surface area contributed by atoms with Gasteiger partial charge in [-0.05, 0) is 12.5 Å². The minimum Gasteiger partial charge on any atom is -0.481 e. The van der Waals surface area contributed by atoms with Gasteiger partial charge in [-0.1, -0.05) is 13.3 Å². The maximum atomic E-state index is 11.5. The molecule has 2 atom stereocenters. The number of hydrogen-bond donors (Lipinski definition) is 3. The second-order valence-corrected chi connectivity index (χ2v) is 3.97. The SMILES string of the molecule is CCC(CN)CC(=O)NCC(CC(=O)O)OC. The van der Waals surface area contributed by atoms with Gasteiger partial charge in [-0.25, -0.2) is 0 Å². The zero-order valence-corrected chi connectivity index (χ0v) is 10.4. The number of hydrogen-bond acceptors (Lipinski definition) is 4. The van der Waals surface area contributed by atoms with Crippen molar-refractivity contribution in [1.29, 1.82) is 0 Å². The van der Waals surface area contributed by atoms with Crippen molar-refractivity contribution >= 4 is 11.9 Å². The van der Waals surface area contributed by atoms with Crippen LogP contribution in [0.3, 0.4) is 0 Å². The summed E-state index contributed by atoms with van der Waals surface area (Å²) >= 11 is 0. The van der Waals surface area contributed by atoms with Gasteiger partial charge < -0.3 is 20.9 Å². The molecule has 6 nitrogen and oxygen atoms in total. The van der Waals surface area contributed by atoms with E-state index in [4.69, 9.17) is 15.6 Å². The number of carboxylic acid groups (broad SMARTS) is 1. The highest BCUT2D eigenvalue weighted by molar-refractivity contribution is 5.76. The topological polar surface area (TPSA) is 102 Å². The molecule has 2 unspecified atom stereocenters. The smallest absolute Gasteiger partial charge is 0.306 e. The van der Waals surface area contributed by atoms with Gasteiger partial charge in [0.1, 0.15) is 0 Å². The number of carboxylic acids is 1. The number of aliphatic carboxylic acids is 1. The van der Waals surface area contributed by atoms with E-state index in [1.807, 2.05) is 6.92 Å². The Bertz CT molecular complexity index is 242. The Morgan fingerprint density at radius 3 is 2.47 bits per heavy atom. The molecule has 0 heterocycles. The van der Waals surface area contributed by atoms with Gasteiger partial charge in [0.15, 0.2) is 0 Å². The van der Waals surface area contributed by atoms with E-state index in [2.05, 4.69) is 5.32 Å². The summed E-state index contributed by atoms with van der Waals surface area (Å²) in [7, 11) is 1.43. The van der Waals surface area contributed by atoms with Crippen LogP contribution in [0.5, 0.6) is 0 Å². The van der Waals surface area contributed by atoms with Crippen LogP contribution < -0.4 is 11.1 Å². The van der Waals surface area contributed by atoms with Crippen LogP contribution in [-0.2, 0) is 14.3 Å². The van der Waals surface area contributed by atoms with Crippen molar-refractivity contribution < 1.29 is 19.4 Å². The van der Waals surface area contributed by atoms with Crippen LogP contribution in [0.25, 0.3) is 0 Å². The third kappa shape index (κ3) is 7.70. The molecule has 0 saturated carbocycles. The maximum Gasteiger partial charge on any atom is 0.306 e. The molecule has 6 heteroatoms. The highest BCUT2D eigenvalue weighted by Crippen LogP contribution is 2.05. The predicted octanol–water partition coefficient (Wildman–Crippen LogP) is -0.0327. The van der Waals surface area contributed by atoms with Crippen LogP contribution in [0.15, 0.2) is 0 Å². The molecule has 0 aromatic heterocycles. The highest BCUT2D eigenvalue weighted by atomic mass is 16.5. The molecule has 17 heavy (non-hydrogen) atoms. The van der Waals surface area contributed by atoms with E-state index in [1.165, 1.54) is 7.11 Å². The molecule has 4 N–H and O–H groups in total. The Kier molecular flexibility index (Phi) is 8.35. The van der Waals surface area contributed by atoms with E-state index >= 15 is 0 Å². The summed E-state index contributed by atoms with van der Waals surface area (Å²) in [4.78, 5) is 22.0. The molecule has 0 aliphatic rings. The lowest BCUT2D eigenvalue weighted by Crippen LogP contribution is -2.35. The molecule has 100 valence electrons. The van der Waals surface area contributed by atoms with E-state index in [9.17, 15) is 9.59 Å². The third-order valence-corrected chi connectivity index (χ3v) is 2.65. The summed E-state index contributed by atoms with van der Waals surface area (Å²) in [5.74, 6) is -0.885. The normalized spacial score (nSPS) is 14.1. The Labute approximate surface area is 102 Å². The number of ether oxygens (including phenoxy) is 1. The van der Waals surface area contributed by atoms with Gasteiger partial charge in [-0.3, -0.25) is 9.59 Å². The standard InChI is InChI=1S/C11H22N2O4/c1-3-8(6-12)4-10(14)13-7-9(17-2)5-11(15)16/h8-9H,3-7,12H2,1-2H3,(H,13,14)(H,15,16). The lowest BCUT2D eigenvalue weighted by Gasteiger charge is -2.16. The predicted molar refractivity (Wildman–Crippen MR) is 63.5 cm³/mol. The Morgan fingerprint density at radius 2 is 2.06 bits per heavy atom. The fraction of sp³-hybridized carbons (Fsp3) is 0.818. The second-order valence-electron chi connectivity index (χ2n) is 3.97. The minimum absolute atomic E-state index is 0.116. The lowest BCUT2D eigenvalue weighted by molar-refractivity contribution is -0.140. The molecule has 0 saturated heterocycles. The van der Waals surface area contributed by atoms with Gasteiger partial charge in [0, 0.05) is 20.1 Å². The largest absolute Gasteiger partial charge is 0.481 e. The first-order valence-electron chi connectivity index (χ1n) is 5.74. The van der Waals surface area contributed by atoms with Gasteiger partial charge in [0.25, 0.3) is 0 Å². The molecule has 0 aliphatic heterocycles. The molecule has 1 amide bonds. The summed E-state index contributed by atoms with van der Waals surface area (Å²) in [6.45, 7) is 2.67. The maximum absolute atomic E-state index is 11.5. The van der Waals surface area contributed by atoms with Gasteiger partial charge in [0.2, 0.25) is 5.91 Å². The first-order chi connectivity index (χ1) is 8.03. The number of carbonyl (C=O) groups excluding carboxylic acids is 1. The molecule has 0 aromatic rings. The van der Waals surface area contributed by atoms with E-state index in [0.717, 1.165) is 6.42 Å². The monoisotopic (exact) mass is 246 g/mol. The molecule has 0 rings (SSSR count). The molecular formula is C11H22N2O4. The number of amides is 1. The van der Waals surface area contributed by atoms with Crippen LogP contribution >= 0.6 is 0 Å². The Morgan fingerprint density at radius 1 is 1.41 bits per heavy atom. The number of carbonyl (C=O) groups is 2. The van der Waals surface area contributed by atoms with Crippen molar-refractivity contribution in [3.63, 3.8) is 0 Å². The van der Waals surface area contributed by atoms with E-state index in [-0.39, 0.29) is 24.8 Å². The van der Waals surface area contributed by atoms with Crippen LogP contribution in [0.1, 0.15) is 26.2 Å². The lowest BCUT2D eigenvalue weighted by atomic mass is 10.0. The highest BCUT2D eigenvalue weighted by Gasteiger charge is 2.15. The summed E-state index contributed by atoms with van der Waals surface area (Å²) in [6, 6.07) is 0. The van der Waals surface area contributed by atoms with Gasteiger partial charge in [-0.15, -0.1) is 0 Å². The number of methoxy groups -OCH3 is 1. The number of nitrogens with two attached hydrogens (primary N) is 1. The van der Waals surface area contributed by atoms with Crippen molar-refractivity contribution in [1.82, 2.24) is 5.32 Å². The van der Waals surface area contributed by atoms with Crippen molar-refractivity contribution in [2.24, 2.45) is 11.7 Å². The molecule has 0 spiro atoms. The van der Waals surface area contributed by atoms with Crippen LogP contribution in [0.2, 0.25) is 0 Å². The van der Waals surface area contributed by atoms with Crippen molar-refractivity contribution in [3.05, 3.63) is 0 Å². The van der Waals surface area contributed by atoms with Crippen molar-refractivity contribution in [2.45, 2.75) is 32.3 Å². The first-order valence-corrected chi connectivity index (χ1v) is 5.74. The second kappa shape index (κ2) is 8.95. The van der Waals surface area contributed by atoms with E-state index < -0.39 is 12.1 Å². The number of nitrogens with one attached hydrogen (secondary N) is 1. The molecule has 0 radical (unpaired) electrons. The van der Waals surface area contributed by atoms with Crippen molar-refractivity contribution in [3.8, 4) is 0 Å². The van der Waals surface area contributed by atoms with Crippen LogP contribution in [0, 0.1) is 5.92 Å². The van der Waals surface area contributed by atoms with Crippen LogP contribution in [0.4, 0.5) is 0 Å². The average Bonchev–Trinajstić information content (AvgIpc) is 2.30. The fourth-order valence-corrected chi connectivity index (χ4v) is 1.39. The Balaban J connectivity index is 3.91. The molecular weight excluding hydrogens is 224 g/mol. The minimum atomic E-state index is -0.945. The zero-order chi connectivity index (χ0) is 13.3. The molecule has 0 fully saturated rings. The summed E-state index contributed by atoms with van der Waals surface area (Å²) in [5.41, 5.74) is 5.50. The van der Waals surface area contributed by atoms with Crippen LogP contribution in [-0.4, -0.2) is 43.3 Å². The fourth-order valence-electron chi connectivity index (χ4n) is 1.39. The van der Waals surface area contributed by atoms with Crippen molar-refractivity contribution in [2.75, 3.05) is 20.2 Å². The molecule has 0 bridgehead atoms. The quantitative estimate of drug-likeness (QED) is 0.530. The summed E-state index contributed by atoms with van der Waals surface area (Å²) < 4.78 is 4.95. The summed E-state index contributed by atoms with van der Waals surface area (Å²) in [6.07, 6.45) is 0.614. The zero-order valence-electron chi connectivity index (χ0n) is 10.4. The van der Waals surface area contributed by atoms with Gasteiger partial charge >= 0.3 is 5.97 Å². The van der Waals surface area contributed by atoms with Gasteiger partial charge in [0.05, 0.1) is 12.5 Å². The first kappa shape index (κ1) is 15.9. The third-order valence-electron chi connectivity index (χ3n) is 2.65. The number of rotatable bonds is 9. The molecule has 0 aliphatic carbocycles. The van der Waals surface area contributed by atoms with Gasteiger partial charge in [-0.2, -0.15) is 0 Å². The average molecular weight is 246 g/mol. The van der Waals surface area contributed by atoms with E-state index in [1.54, 1.807) is 0 Å².